The highest BCUT2D eigenvalue weighted by Crippen LogP contribution is 2.14. The van der Waals surface area contributed by atoms with Crippen molar-refractivity contribution in [2.45, 2.75) is 92.2 Å². The van der Waals surface area contributed by atoms with Gasteiger partial charge in [-0.3, -0.25) is 0 Å². The first-order chi connectivity index (χ1) is 13.0. The van der Waals surface area contributed by atoms with Crippen LogP contribution in [0.2, 0.25) is 12.6 Å². The highest BCUT2D eigenvalue weighted by Gasteiger charge is 2.29. The van der Waals surface area contributed by atoms with Crippen molar-refractivity contribution in [1.82, 2.24) is 0 Å². The van der Waals surface area contributed by atoms with Crippen LogP contribution in [-0.4, -0.2) is 28.3 Å². The van der Waals surface area contributed by atoms with E-state index in [0.29, 0.717) is 0 Å². The van der Waals surface area contributed by atoms with Gasteiger partial charge < -0.3 is 14.6 Å². The number of aryl methyl sites for hydroxylation is 1. The Hall–Kier alpha value is -0.683. The molecule has 4 heteroatoms. The molecule has 0 aliphatic heterocycles. The van der Waals surface area contributed by atoms with Gasteiger partial charge in [0.25, 0.3) is 0 Å². The number of hydrogen-bond donors (Lipinski definition) is 1. The first-order valence-corrected chi connectivity index (χ1v) is 13.5. The second-order valence-corrected chi connectivity index (χ2v) is 10.3. The average Bonchev–Trinajstić information content (AvgIpc) is 2.66. The maximum Gasteiger partial charge on any atom is 0.334 e. The summed E-state index contributed by atoms with van der Waals surface area (Å²) in [7, 11) is -1.85. The van der Waals surface area contributed by atoms with E-state index in [0.717, 1.165) is 32.2 Å². The smallest absolute Gasteiger partial charge is 0.334 e. The largest absolute Gasteiger partial charge is 0.395 e. The van der Waals surface area contributed by atoms with E-state index in [1.165, 1.54) is 44.1 Å². The van der Waals surface area contributed by atoms with Crippen molar-refractivity contribution in [2.75, 3.05) is 19.8 Å². The predicted octanol–water partition coefficient (Wildman–Crippen LogP) is 6.84. The molecule has 0 aromatic heterocycles. The van der Waals surface area contributed by atoms with Crippen molar-refractivity contribution >= 4 is 8.56 Å². The van der Waals surface area contributed by atoms with Crippen LogP contribution >= 0.6 is 0 Å². The fourth-order valence-electron chi connectivity index (χ4n) is 2.61. The van der Waals surface area contributed by atoms with Crippen molar-refractivity contribution < 1.29 is 8.85 Å². The number of nitrogens with two attached hydrogens (primary N) is 1. The molecular weight excluding hydrogens is 350 g/mol. The van der Waals surface area contributed by atoms with Crippen LogP contribution in [0.15, 0.2) is 30.3 Å². The summed E-state index contributed by atoms with van der Waals surface area (Å²) < 4.78 is 11.3. The third-order valence-electron chi connectivity index (χ3n) is 4.13. The Bertz CT molecular complexity index is 375. The van der Waals surface area contributed by atoms with E-state index in [-0.39, 0.29) is 0 Å². The lowest BCUT2D eigenvalue weighted by atomic mass is 10.1. The molecule has 0 aliphatic rings. The Morgan fingerprint density at radius 2 is 1.26 bits per heavy atom. The Kier molecular flexibility index (Phi) is 22.8. The van der Waals surface area contributed by atoms with E-state index >= 15 is 0 Å². The Labute approximate surface area is 171 Å². The maximum atomic E-state index is 5.63. The molecule has 0 saturated heterocycles. The normalized spacial score (nSPS) is 10.5. The van der Waals surface area contributed by atoms with Crippen LogP contribution in [0.5, 0.6) is 0 Å². The zero-order valence-corrected chi connectivity index (χ0v) is 20.1. The van der Waals surface area contributed by atoms with E-state index in [1.807, 2.05) is 32.0 Å². The lowest BCUT2D eigenvalue weighted by Crippen LogP contribution is -2.39. The Balaban J connectivity index is 0. The van der Waals surface area contributed by atoms with Gasteiger partial charge in [-0.15, -0.1) is 0 Å². The summed E-state index contributed by atoms with van der Waals surface area (Å²) in [5.74, 6) is 0. The minimum Gasteiger partial charge on any atom is -0.395 e. The molecule has 160 valence electrons. The van der Waals surface area contributed by atoms with Gasteiger partial charge in [-0.1, -0.05) is 88.3 Å². The minimum absolute atomic E-state index is 0.725. The zero-order valence-electron chi connectivity index (χ0n) is 19.1. The Morgan fingerprint density at radius 1 is 0.778 bits per heavy atom. The van der Waals surface area contributed by atoms with Gasteiger partial charge >= 0.3 is 8.56 Å². The van der Waals surface area contributed by atoms with Crippen LogP contribution < -0.4 is 5.73 Å². The predicted molar refractivity (Wildman–Crippen MR) is 124 cm³/mol. The van der Waals surface area contributed by atoms with Gasteiger partial charge in [0.15, 0.2) is 0 Å². The summed E-state index contributed by atoms with van der Waals surface area (Å²) in [4.78, 5) is 0. The molecule has 0 aliphatic carbocycles. The van der Waals surface area contributed by atoms with Crippen LogP contribution in [0.25, 0.3) is 0 Å². The molecular formula is C23H47NO2Si. The number of benzene rings is 1. The van der Waals surface area contributed by atoms with Gasteiger partial charge in [0.2, 0.25) is 0 Å². The quantitative estimate of drug-likeness (QED) is 0.310. The second-order valence-electron chi connectivity index (χ2n) is 6.96. The van der Waals surface area contributed by atoms with Crippen LogP contribution in [0.3, 0.4) is 0 Å². The fraction of sp³-hybridized carbons (Fsp3) is 0.739. The minimum atomic E-state index is -1.85. The van der Waals surface area contributed by atoms with Gasteiger partial charge in [-0.25, -0.2) is 0 Å². The van der Waals surface area contributed by atoms with E-state index in [2.05, 4.69) is 39.5 Å². The number of hydrogen-bond acceptors (Lipinski definition) is 3. The third-order valence-corrected chi connectivity index (χ3v) is 7.19. The molecule has 0 unspecified atom stereocenters. The molecule has 1 rings (SSSR count). The molecule has 0 saturated carbocycles. The fourth-order valence-corrected chi connectivity index (χ4v) is 5.05. The van der Waals surface area contributed by atoms with Crippen molar-refractivity contribution in [3.8, 4) is 0 Å². The summed E-state index contributed by atoms with van der Waals surface area (Å²) in [5.41, 5.74) is 6.76. The molecule has 1 aromatic carbocycles. The summed E-state index contributed by atoms with van der Waals surface area (Å²) in [6, 6.07) is 11.3. The molecule has 27 heavy (non-hydrogen) atoms. The SMILES string of the molecule is CCCCCCCC.CCO[Si](C)(CCCN)OCC.Cc1ccccc1. The first-order valence-electron chi connectivity index (χ1n) is 11.0. The van der Waals surface area contributed by atoms with Crippen LogP contribution in [0.1, 0.15) is 78.2 Å². The van der Waals surface area contributed by atoms with Crippen molar-refractivity contribution in [1.29, 1.82) is 0 Å². The van der Waals surface area contributed by atoms with Gasteiger partial charge in [0.05, 0.1) is 0 Å². The molecule has 0 bridgehead atoms. The maximum absolute atomic E-state index is 5.63. The van der Waals surface area contributed by atoms with Gasteiger partial charge in [0, 0.05) is 13.2 Å². The summed E-state index contributed by atoms with van der Waals surface area (Å²) in [6.45, 7) is 14.9. The average molecular weight is 398 g/mol. The van der Waals surface area contributed by atoms with Gasteiger partial charge in [0.1, 0.15) is 0 Å². The summed E-state index contributed by atoms with van der Waals surface area (Å²) >= 11 is 0. The standard InChI is InChI=1S/C8H21NO2Si.C8H18.C7H8/c1-4-10-12(3,11-5-2)8-6-7-9;1-3-5-7-8-6-4-2;1-7-5-3-2-4-6-7/h4-9H2,1-3H3;3-8H2,1-2H3;2-6H,1H3. The van der Waals surface area contributed by atoms with Crippen LogP contribution in [0, 0.1) is 6.92 Å². The highest BCUT2D eigenvalue weighted by molar-refractivity contribution is 6.66. The topological polar surface area (TPSA) is 44.5 Å². The second kappa shape index (κ2) is 21.6. The molecule has 2 N–H and O–H groups in total. The molecule has 0 spiro atoms. The molecule has 0 atom stereocenters. The van der Waals surface area contributed by atoms with Crippen molar-refractivity contribution in [2.24, 2.45) is 5.73 Å². The van der Waals surface area contributed by atoms with Crippen molar-refractivity contribution in [3.05, 3.63) is 35.9 Å². The van der Waals surface area contributed by atoms with Crippen molar-refractivity contribution in [3.63, 3.8) is 0 Å². The Morgan fingerprint density at radius 3 is 1.56 bits per heavy atom. The van der Waals surface area contributed by atoms with Gasteiger partial charge in [-0.05, 0) is 46.3 Å². The number of rotatable bonds is 12. The molecule has 1 aromatic rings. The lowest BCUT2D eigenvalue weighted by Gasteiger charge is -2.25. The van der Waals surface area contributed by atoms with E-state index in [1.54, 1.807) is 0 Å². The van der Waals surface area contributed by atoms with E-state index in [9.17, 15) is 0 Å². The first kappa shape index (κ1) is 28.5. The molecule has 3 nitrogen and oxygen atoms in total. The monoisotopic (exact) mass is 397 g/mol. The molecule has 0 heterocycles. The molecule has 0 radical (unpaired) electrons. The third kappa shape index (κ3) is 21.5. The van der Waals surface area contributed by atoms with Gasteiger partial charge in [-0.2, -0.15) is 0 Å². The molecule has 0 amide bonds. The lowest BCUT2D eigenvalue weighted by molar-refractivity contribution is 0.188. The molecule has 0 fully saturated rings. The number of unbranched alkanes of at least 4 members (excludes halogenated alkanes) is 5. The summed E-state index contributed by atoms with van der Waals surface area (Å²) in [5, 5.41) is 0. The van der Waals surface area contributed by atoms with E-state index in [4.69, 9.17) is 14.6 Å². The van der Waals surface area contributed by atoms with Crippen LogP contribution in [0.4, 0.5) is 0 Å². The summed E-state index contributed by atoms with van der Waals surface area (Å²) in [6.07, 6.45) is 9.49. The van der Waals surface area contributed by atoms with Crippen LogP contribution in [-0.2, 0) is 8.85 Å². The van der Waals surface area contributed by atoms with E-state index < -0.39 is 8.56 Å². The highest BCUT2D eigenvalue weighted by atomic mass is 28.4. The zero-order chi connectivity index (χ0) is 20.8.